The summed E-state index contributed by atoms with van der Waals surface area (Å²) in [5, 5.41) is 14.8. The summed E-state index contributed by atoms with van der Waals surface area (Å²) in [7, 11) is 0. The number of rotatable bonds is 7. The van der Waals surface area contributed by atoms with Crippen molar-refractivity contribution < 1.29 is 14.4 Å². The summed E-state index contributed by atoms with van der Waals surface area (Å²) < 4.78 is 0. The van der Waals surface area contributed by atoms with Crippen LogP contribution in [0.1, 0.15) is 38.8 Å². The van der Waals surface area contributed by atoms with E-state index < -0.39 is 5.91 Å². The molecule has 5 rings (SSSR count). The van der Waals surface area contributed by atoms with Crippen LogP contribution in [0, 0.1) is 0 Å². The summed E-state index contributed by atoms with van der Waals surface area (Å²) >= 11 is 0. The van der Waals surface area contributed by atoms with Gasteiger partial charge in [0.15, 0.2) is 0 Å². The van der Waals surface area contributed by atoms with Gasteiger partial charge in [0.2, 0.25) is 5.91 Å². The predicted molar refractivity (Wildman–Crippen MR) is 163 cm³/mol. The molecule has 3 aromatic rings. The summed E-state index contributed by atoms with van der Waals surface area (Å²) in [5.41, 5.74) is 3.86. The molecule has 0 aliphatic carbocycles. The van der Waals surface area contributed by atoms with E-state index in [9.17, 15) is 14.4 Å². The molecule has 0 aromatic heterocycles. The number of carbonyl (C=O) groups excluding carboxylic acids is 3. The third-order valence-corrected chi connectivity index (χ3v) is 6.02. The third kappa shape index (κ3) is 7.16. The fraction of sp³-hybridized carbons (Fsp3) is 0.179. The summed E-state index contributed by atoms with van der Waals surface area (Å²) in [6, 6.07) is 19.2. The fourth-order valence-corrected chi connectivity index (χ4v) is 4.18. The van der Waals surface area contributed by atoms with E-state index >= 15 is 0 Å². The molecule has 10 nitrogen and oxygen atoms in total. The summed E-state index contributed by atoms with van der Waals surface area (Å²) in [6.45, 7) is 4.47. The minimum absolute atomic E-state index is 0. The molecule has 2 aliphatic rings. The molecule has 0 atom stereocenters. The Kier molecular flexibility index (Phi) is 10.2. The molecule has 0 saturated carbocycles. The van der Waals surface area contributed by atoms with Gasteiger partial charge >= 0.3 is 0 Å². The van der Waals surface area contributed by atoms with Gasteiger partial charge in [0.25, 0.3) is 11.8 Å². The van der Waals surface area contributed by atoms with Crippen LogP contribution in [0.5, 0.6) is 0 Å². The van der Waals surface area contributed by atoms with E-state index in [4.69, 9.17) is 0 Å². The first kappa shape index (κ1) is 30.1. The quantitative estimate of drug-likeness (QED) is 0.290. The Hall–Kier alpha value is -4.41. The maximum atomic E-state index is 13.1. The molecule has 2 aliphatic heterocycles. The van der Waals surface area contributed by atoms with Crippen molar-refractivity contribution in [1.29, 1.82) is 0 Å². The highest BCUT2D eigenvalue weighted by atomic mass is 35.5. The maximum Gasteiger partial charge on any atom is 0.257 e. The van der Waals surface area contributed by atoms with Gasteiger partial charge < -0.3 is 26.6 Å². The Morgan fingerprint density at radius 2 is 1.18 bits per heavy atom. The molecule has 3 aromatic carbocycles. The lowest BCUT2D eigenvalue weighted by molar-refractivity contribution is -0.114. The molecule has 0 unspecified atom stereocenters. The van der Waals surface area contributed by atoms with Gasteiger partial charge in [-0.25, -0.2) is 0 Å². The number of hydrogen-bond acceptors (Lipinski definition) is 7. The average molecular weight is 582 g/mol. The number of aliphatic imine (C=N–C) groups is 2. The van der Waals surface area contributed by atoms with Crippen LogP contribution in [0.2, 0.25) is 0 Å². The van der Waals surface area contributed by atoms with Crippen LogP contribution in [-0.4, -0.2) is 55.6 Å². The van der Waals surface area contributed by atoms with Crippen LogP contribution < -0.4 is 26.6 Å². The van der Waals surface area contributed by atoms with Crippen molar-refractivity contribution in [3.05, 3.63) is 89.0 Å². The molecular weight excluding hydrogens is 553 g/mol. The van der Waals surface area contributed by atoms with Crippen LogP contribution in [0.25, 0.3) is 0 Å². The molecule has 40 heavy (non-hydrogen) atoms. The topological polar surface area (TPSA) is 136 Å². The van der Waals surface area contributed by atoms with Gasteiger partial charge in [-0.15, -0.1) is 24.8 Å². The zero-order chi connectivity index (χ0) is 26.5. The molecule has 0 spiro atoms. The van der Waals surface area contributed by atoms with E-state index in [1.54, 1.807) is 30.3 Å². The highest BCUT2D eigenvalue weighted by molar-refractivity contribution is 6.12. The SMILES string of the molecule is CC(=O)Nc1cc(C(=O)Nc2ccc(C3=NCCN3)cc2)ccc1C(=O)Nc1ccc(C2=NCCN2)cc1.Cl.Cl. The molecule has 3 amide bonds. The number of amidine groups is 2. The van der Waals surface area contributed by atoms with Crippen molar-refractivity contribution in [3.63, 3.8) is 0 Å². The first-order valence-electron chi connectivity index (χ1n) is 12.3. The van der Waals surface area contributed by atoms with E-state index in [0.717, 1.165) is 49.0 Å². The number of carbonyl (C=O) groups is 3. The Morgan fingerprint density at radius 3 is 1.62 bits per heavy atom. The summed E-state index contributed by atoms with van der Waals surface area (Å²) in [4.78, 5) is 46.6. The number of anilines is 3. The highest BCUT2D eigenvalue weighted by Crippen LogP contribution is 2.22. The normalized spacial score (nSPS) is 13.3. The van der Waals surface area contributed by atoms with Crippen molar-refractivity contribution in [2.45, 2.75) is 6.92 Å². The van der Waals surface area contributed by atoms with Crippen molar-refractivity contribution in [3.8, 4) is 0 Å². The molecule has 0 bridgehead atoms. The largest absolute Gasteiger partial charge is 0.368 e. The van der Waals surface area contributed by atoms with Crippen LogP contribution in [-0.2, 0) is 4.79 Å². The van der Waals surface area contributed by atoms with Gasteiger partial charge in [-0.2, -0.15) is 0 Å². The van der Waals surface area contributed by atoms with Crippen LogP contribution in [0.4, 0.5) is 17.1 Å². The Balaban J connectivity index is 0.00000220. The third-order valence-electron chi connectivity index (χ3n) is 6.02. The average Bonchev–Trinajstić information content (AvgIpc) is 3.64. The second-order valence-corrected chi connectivity index (χ2v) is 8.82. The molecule has 0 saturated heterocycles. The minimum Gasteiger partial charge on any atom is -0.368 e. The lowest BCUT2D eigenvalue weighted by atomic mass is 10.1. The zero-order valence-corrected chi connectivity index (χ0v) is 23.2. The smallest absolute Gasteiger partial charge is 0.257 e. The molecule has 2 heterocycles. The molecular formula is C28H29Cl2N7O3. The van der Waals surface area contributed by atoms with Crippen molar-refractivity contribution >= 4 is 71.3 Å². The Labute approximate surface area is 244 Å². The lowest BCUT2D eigenvalue weighted by Gasteiger charge is -2.13. The number of benzene rings is 3. The fourth-order valence-electron chi connectivity index (χ4n) is 4.18. The van der Waals surface area contributed by atoms with Crippen molar-refractivity contribution in [1.82, 2.24) is 10.6 Å². The summed E-state index contributed by atoms with van der Waals surface area (Å²) in [5.74, 6) is 0.536. The minimum atomic E-state index is -0.413. The first-order valence-corrected chi connectivity index (χ1v) is 12.3. The Bertz CT molecular complexity index is 1460. The standard InChI is InChI=1S/C28H27N7O3.2ClH/c1-17(36)33-24-16-20(27(37)34-21-7-2-18(3-8-21)25-29-12-13-30-25)6-11-23(24)28(38)35-22-9-4-19(5-10-22)26-31-14-15-32-26;;/h2-11,16H,12-15H2,1H3,(H,29,30)(H,31,32)(H,33,36)(H,34,37)(H,35,38);2*1H. The van der Waals surface area contributed by atoms with Crippen molar-refractivity contribution in [2.24, 2.45) is 9.98 Å². The lowest BCUT2D eigenvalue weighted by Crippen LogP contribution is -2.20. The predicted octanol–water partition coefficient (Wildman–Crippen LogP) is 3.69. The maximum absolute atomic E-state index is 13.1. The monoisotopic (exact) mass is 581 g/mol. The second kappa shape index (κ2) is 13.6. The van der Waals surface area contributed by atoms with Gasteiger partial charge in [0.1, 0.15) is 11.7 Å². The van der Waals surface area contributed by atoms with E-state index in [-0.39, 0.29) is 47.9 Å². The molecule has 0 radical (unpaired) electrons. The van der Waals surface area contributed by atoms with Crippen LogP contribution in [0.15, 0.2) is 76.7 Å². The van der Waals surface area contributed by atoms with E-state index in [2.05, 4.69) is 36.6 Å². The molecule has 208 valence electrons. The molecule has 0 fully saturated rings. The molecule has 12 heteroatoms. The first-order chi connectivity index (χ1) is 18.5. The highest BCUT2D eigenvalue weighted by Gasteiger charge is 2.17. The second-order valence-electron chi connectivity index (χ2n) is 8.82. The van der Waals surface area contributed by atoms with Gasteiger partial charge in [0, 0.05) is 48.1 Å². The van der Waals surface area contributed by atoms with Crippen LogP contribution in [0.3, 0.4) is 0 Å². The van der Waals surface area contributed by atoms with E-state index in [0.29, 0.717) is 16.9 Å². The summed E-state index contributed by atoms with van der Waals surface area (Å²) in [6.07, 6.45) is 0. The number of nitrogens with zero attached hydrogens (tertiary/aromatic N) is 2. The number of halogens is 2. The van der Waals surface area contributed by atoms with E-state index in [1.165, 1.54) is 19.1 Å². The number of hydrogen-bond donors (Lipinski definition) is 5. The van der Waals surface area contributed by atoms with Gasteiger partial charge in [0.05, 0.1) is 24.3 Å². The number of nitrogens with one attached hydrogen (secondary N) is 5. The zero-order valence-electron chi connectivity index (χ0n) is 21.6. The molecule has 5 N–H and O–H groups in total. The van der Waals surface area contributed by atoms with Gasteiger partial charge in [-0.1, -0.05) is 0 Å². The van der Waals surface area contributed by atoms with Crippen molar-refractivity contribution in [2.75, 3.05) is 42.1 Å². The number of amides is 3. The van der Waals surface area contributed by atoms with Crippen LogP contribution >= 0.6 is 24.8 Å². The Morgan fingerprint density at radius 1 is 0.675 bits per heavy atom. The van der Waals surface area contributed by atoms with Gasteiger partial charge in [-0.3, -0.25) is 24.4 Å². The van der Waals surface area contributed by atoms with Gasteiger partial charge in [-0.05, 0) is 66.7 Å². The van der Waals surface area contributed by atoms with E-state index in [1.807, 2.05) is 24.3 Å².